The van der Waals surface area contributed by atoms with Crippen LogP contribution in [0.3, 0.4) is 0 Å². The van der Waals surface area contributed by atoms with E-state index >= 15 is 0 Å². The lowest BCUT2D eigenvalue weighted by atomic mass is 9.91. The van der Waals surface area contributed by atoms with E-state index in [1.54, 1.807) is 45.9 Å². The monoisotopic (exact) mass is 350 g/mol. The largest absolute Gasteiger partial charge is 0.463 e. The van der Waals surface area contributed by atoms with Gasteiger partial charge in [-0.25, -0.2) is 4.79 Å². The van der Waals surface area contributed by atoms with Crippen LogP contribution in [-0.2, 0) is 23.9 Å². The second-order valence-corrected chi connectivity index (χ2v) is 6.23. The maximum Gasteiger partial charge on any atom is 0.375 e. The van der Waals surface area contributed by atoms with Crippen molar-refractivity contribution in [3.05, 3.63) is 23.8 Å². The number of hydrogen-bond donors (Lipinski definition) is 0. The van der Waals surface area contributed by atoms with Crippen molar-refractivity contribution in [3.8, 4) is 11.5 Å². The quantitative estimate of drug-likeness (QED) is 0.551. The highest BCUT2D eigenvalue weighted by molar-refractivity contribution is 6.36. The number of carbonyl (C=O) groups excluding carboxylic acids is 3. The molecule has 0 aliphatic carbocycles. The third-order valence-electron chi connectivity index (χ3n) is 3.40. The van der Waals surface area contributed by atoms with Crippen LogP contribution in [0.25, 0.3) is 0 Å². The minimum atomic E-state index is -1.01. The van der Waals surface area contributed by atoms with Crippen LogP contribution < -0.4 is 9.47 Å². The molecule has 1 heterocycles. The third kappa shape index (κ3) is 4.95. The SMILES string of the molecule is CC(C)OC(=O)CC(C(=O)C(=O)OC(C)C)c1ccc2c(c1)OCO2. The van der Waals surface area contributed by atoms with Crippen molar-refractivity contribution in [2.45, 2.75) is 52.2 Å². The average Bonchev–Trinajstić information content (AvgIpc) is 2.98. The van der Waals surface area contributed by atoms with Crippen LogP contribution in [0.5, 0.6) is 11.5 Å². The van der Waals surface area contributed by atoms with Gasteiger partial charge in [0.2, 0.25) is 12.6 Å². The number of fused-ring (bicyclic) bond motifs is 1. The minimum absolute atomic E-state index is 0.0855. The fourth-order valence-corrected chi connectivity index (χ4v) is 2.38. The van der Waals surface area contributed by atoms with Crippen LogP contribution in [0.4, 0.5) is 0 Å². The van der Waals surface area contributed by atoms with E-state index < -0.39 is 29.7 Å². The topological polar surface area (TPSA) is 88.1 Å². The first-order valence-electron chi connectivity index (χ1n) is 8.11. The number of ether oxygens (including phenoxy) is 4. The molecule has 0 bridgehead atoms. The third-order valence-corrected chi connectivity index (χ3v) is 3.40. The molecule has 1 aromatic carbocycles. The Morgan fingerprint density at radius 2 is 1.64 bits per heavy atom. The number of esters is 2. The summed E-state index contributed by atoms with van der Waals surface area (Å²) in [5, 5.41) is 0. The Balaban J connectivity index is 2.26. The molecule has 25 heavy (non-hydrogen) atoms. The predicted molar refractivity (Wildman–Crippen MR) is 87.4 cm³/mol. The molecular formula is C18H22O7. The highest BCUT2D eigenvalue weighted by Crippen LogP contribution is 2.36. The Morgan fingerprint density at radius 1 is 1.00 bits per heavy atom. The summed E-state index contributed by atoms with van der Waals surface area (Å²) in [6.07, 6.45) is -1.01. The van der Waals surface area contributed by atoms with Gasteiger partial charge in [0.05, 0.1) is 24.5 Å². The summed E-state index contributed by atoms with van der Waals surface area (Å²) in [4.78, 5) is 36.6. The Morgan fingerprint density at radius 3 is 2.28 bits per heavy atom. The molecule has 0 saturated carbocycles. The summed E-state index contributed by atoms with van der Waals surface area (Å²) in [5.74, 6) is -2.34. The van der Waals surface area contributed by atoms with Crippen molar-refractivity contribution in [2.24, 2.45) is 0 Å². The number of Topliss-reactive ketones (excluding diaryl/α,β-unsaturated/α-hetero) is 1. The number of rotatable bonds is 7. The van der Waals surface area contributed by atoms with E-state index in [-0.39, 0.29) is 19.3 Å². The van der Waals surface area contributed by atoms with Gasteiger partial charge in [0, 0.05) is 0 Å². The molecule has 7 nitrogen and oxygen atoms in total. The Hall–Kier alpha value is -2.57. The molecule has 0 aromatic heterocycles. The van der Waals surface area contributed by atoms with E-state index in [9.17, 15) is 14.4 Å². The van der Waals surface area contributed by atoms with Crippen molar-refractivity contribution in [3.63, 3.8) is 0 Å². The second-order valence-electron chi connectivity index (χ2n) is 6.23. The van der Waals surface area contributed by atoms with Crippen molar-refractivity contribution in [1.29, 1.82) is 0 Å². The molecule has 136 valence electrons. The number of benzene rings is 1. The van der Waals surface area contributed by atoms with Gasteiger partial charge in [-0.15, -0.1) is 0 Å². The highest BCUT2D eigenvalue weighted by atomic mass is 16.7. The molecular weight excluding hydrogens is 328 g/mol. The van der Waals surface area contributed by atoms with E-state index in [4.69, 9.17) is 18.9 Å². The van der Waals surface area contributed by atoms with Crippen LogP contribution in [0.1, 0.15) is 45.6 Å². The summed E-state index contributed by atoms with van der Waals surface area (Å²) >= 11 is 0. The maximum atomic E-state index is 12.5. The molecule has 1 unspecified atom stereocenters. The maximum absolute atomic E-state index is 12.5. The van der Waals surface area contributed by atoms with E-state index in [0.29, 0.717) is 17.1 Å². The van der Waals surface area contributed by atoms with Gasteiger partial charge in [-0.05, 0) is 45.4 Å². The average molecular weight is 350 g/mol. The lowest BCUT2D eigenvalue weighted by molar-refractivity contribution is -0.158. The van der Waals surface area contributed by atoms with Gasteiger partial charge in [-0.3, -0.25) is 9.59 Å². The summed E-state index contributed by atoms with van der Waals surface area (Å²) in [7, 11) is 0. The zero-order valence-electron chi connectivity index (χ0n) is 14.7. The Labute approximate surface area is 146 Å². The van der Waals surface area contributed by atoms with Gasteiger partial charge in [0.25, 0.3) is 0 Å². The predicted octanol–water partition coefficient (Wildman–Crippen LogP) is 2.36. The van der Waals surface area contributed by atoms with E-state index in [2.05, 4.69) is 0 Å². The number of carbonyl (C=O) groups is 3. The zero-order valence-corrected chi connectivity index (χ0v) is 14.7. The van der Waals surface area contributed by atoms with E-state index in [1.807, 2.05) is 0 Å². The summed E-state index contributed by atoms with van der Waals surface area (Å²) < 4.78 is 20.6. The summed E-state index contributed by atoms with van der Waals surface area (Å²) in [6, 6.07) is 4.86. The van der Waals surface area contributed by atoms with Gasteiger partial charge >= 0.3 is 11.9 Å². The highest BCUT2D eigenvalue weighted by Gasteiger charge is 2.32. The second kappa shape index (κ2) is 8.00. The minimum Gasteiger partial charge on any atom is -0.463 e. The van der Waals surface area contributed by atoms with Crippen LogP contribution in [-0.4, -0.2) is 36.7 Å². The first-order valence-corrected chi connectivity index (χ1v) is 8.11. The zero-order chi connectivity index (χ0) is 18.6. The summed E-state index contributed by atoms with van der Waals surface area (Å²) in [5.41, 5.74) is 0.468. The van der Waals surface area contributed by atoms with Gasteiger partial charge in [-0.2, -0.15) is 0 Å². The lowest BCUT2D eigenvalue weighted by Gasteiger charge is -2.17. The molecule has 0 radical (unpaired) electrons. The van der Waals surface area contributed by atoms with Crippen molar-refractivity contribution in [2.75, 3.05) is 6.79 Å². The molecule has 0 spiro atoms. The number of hydrogen-bond acceptors (Lipinski definition) is 7. The van der Waals surface area contributed by atoms with Gasteiger partial charge in [-0.1, -0.05) is 6.07 Å². The lowest BCUT2D eigenvalue weighted by Crippen LogP contribution is -2.29. The van der Waals surface area contributed by atoms with Gasteiger partial charge in [0.1, 0.15) is 0 Å². The Kier molecular flexibility index (Phi) is 6.01. The fraction of sp³-hybridized carbons (Fsp3) is 0.500. The van der Waals surface area contributed by atoms with E-state index in [0.717, 1.165) is 0 Å². The fourth-order valence-electron chi connectivity index (χ4n) is 2.38. The van der Waals surface area contributed by atoms with Crippen molar-refractivity contribution >= 4 is 17.7 Å². The molecule has 2 rings (SSSR count). The molecule has 0 amide bonds. The molecule has 0 saturated heterocycles. The molecule has 0 fully saturated rings. The number of ketones is 1. The van der Waals surface area contributed by atoms with Crippen LogP contribution in [0.15, 0.2) is 18.2 Å². The summed E-state index contributed by atoms with van der Waals surface area (Å²) in [6.45, 7) is 6.80. The van der Waals surface area contributed by atoms with Crippen molar-refractivity contribution < 1.29 is 33.3 Å². The molecule has 1 aliphatic heterocycles. The van der Waals surface area contributed by atoms with Gasteiger partial charge in [0.15, 0.2) is 11.5 Å². The molecule has 1 aromatic rings. The first kappa shape index (κ1) is 18.8. The molecule has 1 aliphatic rings. The first-order chi connectivity index (χ1) is 11.8. The standard InChI is InChI=1S/C18H22O7/c1-10(2)24-16(19)8-13(17(20)18(21)25-11(3)4)12-5-6-14-15(7-12)23-9-22-14/h5-7,10-11,13H,8-9H2,1-4H3. The molecule has 1 atom stereocenters. The normalized spacial score (nSPS) is 13.7. The van der Waals surface area contributed by atoms with Crippen LogP contribution in [0.2, 0.25) is 0 Å². The smallest absolute Gasteiger partial charge is 0.375 e. The van der Waals surface area contributed by atoms with Gasteiger partial charge < -0.3 is 18.9 Å². The molecule has 0 N–H and O–H groups in total. The van der Waals surface area contributed by atoms with E-state index in [1.165, 1.54) is 0 Å². The van der Waals surface area contributed by atoms with Crippen LogP contribution >= 0.6 is 0 Å². The molecule has 7 heteroatoms. The van der Waals surface area contributed by atoms with Crippen molar-refractivity contribution in [1.82, 2.24) is 0 Å². The van der Waals surface area contributed by atoms with Crippen LogP contribution in [0, 0.1) is 0 Å². The Bertz CT molecular complexity index is 663.